The molecule has 1 atom stereocenters. The van der Waals surface area contributed by atoms with Crippen molar-refractivity contribution in [3.8, 4) is 0 Å². The molecule has 1 amide bonds. The van der Waals surface area contributed by atoms with Crippen molar-refractivity contribution < 1.29 is 9.90 Å². The lowest BCUT2D eigenvalue weighted by atomic mass is 10.0. The summed E-state index contributed by atoms with van der Waals surface area (Å²) in [4.78, 5) is 13.9. The third kappa shape index (κ3) is 2.12. The fourth-order valence-electron chi connectivity index (χ4n) is 2.19. The Morgan fingerprint density at radius 1 is 1.65 bits per heavy atom. The maximum absolute atomic E-state index is 12.3. The highest BCUT2D eigenvalue weighted by Crippen LogP contribution is 2.21. The smallest absolute Gasteiger partial charge is 0.276 e. The molecule has 2 rings (SSSR count). The number of carbonyl (C=O) groups excluding carboxylic acids is 1. The lowest BCUT2D eigenvalue weighted by Crippen LogP contribution is -2.45. The number of carbonyl (C=O) groups is 1. The van der Waals surface area contributed by atoms with E-state index in [1.807, 2.05) is 0 Å². The van der Waals surface area contributed by atoms with Crippen LogP contribution >= 0.6 is 0 Å². The molecular weight excluding hydrogens is 220 g/mol. The monoisotopic (exact) mass is 238 g/mol. The number of amides is 1. The number of aromatic nitrogens is 2. The Morgan fingerprint density at radius 3 is 3.00 bits per heavy atom. The van der Waals surface area contributed by atoms with Crippen LogP contribution < -0.4 is 5.73 Å². The SMILES string of the molecule is Cc1[nH]nc(C(=O)N2CCCCC2CO)c1N. The first-order chi connectivity index (χ1) is 8.15. The van der Waals surface area contributed by atoms with Gasteiger partial charge in [0.05, 0.1) is 24.0 Å². The first-order valence-electron chi connectivity index (χ1n) is 5.87. The zero-order chi connectivity index (χ0) is 12.4. The lowest BCUT2D eigenvalue weighted by molar-refractivity contribution is 0.0498. The predicted octanol–water partition coefficient (Wildman–Crippen LogP) is 0.287. The van der Waals surface area contributed by atoms with Crippen molar-refractivity contribution in [2.24, 2.45) is 0 Å². The Kier molecular flexibility index (Phi) is 3.33. The number of H-pyrrole nitrogens is 1. The van der Waals surface area contributed by atoms with Gasteiger partial charge in [0.15, 0.2) is 5.69 Å². The molecule has 4 N–H and O–H groups in total. The van der Waals surface area contributed by atoms with Crippen LogP contribution in [-0.4, -0.2) is 45.3 Å². The van der Waals surface area contributed by atoms with Crippen LogP contribution in [0.4, 0.5) is 5.69 Å². The summed E-state index contributed by atoms with van der Waals surface area (Å²) >= 11 is 0. The summed E-state index contributed by atoms with van der Waals surface area (Å²) in [6.07, 6.45) is 2.85. The Bertz CT molecular complexity index is 416. The average molecular weight is 238 g/mol. The van der Waals surface area contributed by atoms with E-state index in [9.17, 15) is 9.90 Å². The second-order valence-electron chi connectivity index (χ2n) is 4.44. The Hall–Kier alpha value is -1.56. The first kappa shape index (κ1) is 11.9. The third-order valence-corrected chi connectivity index (χ3v) is 3.30. The molecule has 0 aliphatic carbocycles. The quantitative estimate of drug-likeness (QED) is 0.690. The van der Waals surface area contributed by atoms with Gasteiger partial charge < -0.3 is 15.7 Å². The molecular formula is C11H18N4O2. The van der Waals surface area contributed by atoms with E-state index in [0.29, 0.717) is 17.9 Å². The van der Waals surface area contributed by atoms with E-state index in [1.165, 1.54) is 0 Å². The number of rotatable bonds is 2. The van der Waals surface area contributed by atoms with Gasteiger partial charge in [-0.25, -0.2) is 0 Å². The molecule has 0 bridgehead atoms. The molecule has 1 unspecified atom stereocenters. The van der Waals surface area contributed by atoms with Crippen LogP contribution in [0.25, 0.3) is 0 Å². The number of nitrogen functional groups attached to an aromatic ring is 1. The van der Waals surface area contributed by atoms with Crippen molar-refractivity contribution in [2.75, 3.05) is 18.9 Å². The minimum Gasteiger partial charge on any atom is -0.395 e. The molecule has 2 heterocycles. The molecule has 17 heavy (non-hydrogen) atoms. The number of aromatic amines is 1. The second kappa shape index (κ2) is 4.75. The summed E-state index contributed by atoms with van der Waals surface area (Å²) in [6, 6.07) is -0.104. The van der Waals surface area contributed by atoms with Gasteiger partial charge in [-0.1, -0.05) is 0 Å². The van der Waals surface area contributed by atoms with Crippen LogP contribution in [0.3, 0.4) is 0 Å². The number of hydrogen-bond donors (Lipinski definition) is 3. The largest absolute Gasteiger partial charge is 0.395 e. The summed E-state index contributed by atoms with van der Waals surface area (Å²) in [5.41, 5.74) is 7.16. The summed E-state index contributed by atoms with van der Waals surface area (Å²) in [5, 5.41) is 15.9. The predicted molar refractivity (Wildman–Crippen MR) is 63.5 cm³/mol. The fraction of sp³-hybridized carbons (Fsp3) is 0.636. The summed E-state index contributed by atoms with van der Waals surface area (Å²) in [5.74, 6) is -0.189. The van der Waals surface area contributed by atoms with Gasteiger partial charge >= 0.3 is 0 Å². The number of aliphatic hydroxyl groups is 1. The molecule has 0 saturated carbocycles. The number of nitrogens with zero attached hydrogens (tertiary/aromatic N) is 2. The van der Waals surface area contributed by atoms with Gasteiger partial charge in [0.2, 0.25) is 0 Å². The van der Waals surface area contributed by atoms with Crippen molar-refractivity contribution >= 4 is 11.6 Å². The normalized spacial score (nSPS) is 20.6. The van der Waals surface area contributed by atoms with E-state index >= 15 is 0 Å². The molecule has 0 aromatic carbocycles. The van der Waals surface area contributed by atoms with Crippen LogP contribution in [0.1, 0.15) is 35.4 Å². The van der Waals surface area contributed by atoms with Gasteiger partial charge in [0.1, 0.15) is 0 Å². The number of aryl methyl sites for hydroxylation is 1. The highest BCUT2D eigenvalue weighted by molar-refractivity contribution is 5.97. The van der Waals surface area contributed by atoms with Gasteiger partial charge in [0, 0.05) is 6.54 Å². The molecule has 0 spiro atoms. The third-order valence-electron chi connectivity index (χ3n) is 3.30. The van der Waals surface area contributed by atoms with Gasteiger partial charge in [-0.3, -0.25) is 9.89 Å². The maximum Gasteiger partial charge on any atom is 0.276 e. The number of nitrogens with one attached hydrogen (secondary N) is 1. The Labute approximate surface area is 99.8 Å². The summed E-state index contributed by atoms with van der Waals surface area (Å²) in [6.45, 7) is 2.43. The molecule has 1 aliphatic heterocycles. The second-order valence-corrected chi connectivity index (χ2v) is 4.44. The zero-order valence-electron chi connectivity index (χ0n) is 9.94. The van der Waals surface area contributed by atoms with Crippen LogP contribution in [0.5, 0.6) is 0 Å². The van der Waals surface area contributed by atoms with Crippen molar-refractivity contribution in [3.05, 3.63) is 11.4 Å². The molecule has 1 aliphatic rings. The van der Waals surface area contributed by atoms with Crippen LogP contribution in [-0.2, 0) is 0 Å². The van der Waals surface area contributed by atoms with E-state index in [4.69, 9.17) is 5.73 Å². The molecule has 1 aromatic heterocycles. The Morgan fingerprint density at radius 2 is 2.41 bits per heavy atom. The molecule has 1 fully saturated rings. The average Bonchev–Trinajstić information content (AvgIpc) is 2.69. The minimum atomic E-state index is -0.189. The topological polar surface area (TPSA) is 95.2 Å². The van der Waals surface area contributed by atoms with Gasteiger partial charge in [-0.15, -0.1) is 0 Å². The molecule has 94 valence electrons. The van der Waals surface area contributed by atoms with Gasteiger partial charge in [-0.2, -0.15) is 5.10 Å². The van der Waals surface area contributed by atoms with E-state index in [0.717, 1.165) is 19.3 Å². The van der Waals surface area contributed by atoms with Gasteiger partial charge in [-0.05, 0) is 26.2 Å². The number of hydrogen-bond acceptors (Lipinski definition) is 4. The van der Waals surface area contributed by atoms with E-state index in [2.05, 4.69) is 10.2 Å². The van der Waals surface area contributed by atoms with Crippen LogP contribution in [0.2, 0.25) is 0 Å². The standard InChI is InChI=1S/C11H18N4O2/c1-7-9(12)10(14-13-7)11(17)15-5-3-2-4-8(15)6-16/h8,16H,2-6,12H2,1H3,(H,13,14). The summed E-state index contributed by atoms with van der Waals surface area (Å²) in [7, 11) is 0. The number of aliphatic hydroxyl groups excluding tert-OH is 1. The summed E-state index contributed by atoms with van der Waals surface area (Å²) < 4.78 is 0. The highest BCUT2D eigenvalue weighted by atomic mass is 16.3. The van der Waals surface area contributed by atoms with Crippen molar-refractivity contribution in [2.45, 2.75) is 32.2 Å². The minimum absolute atomic E-state index is 0.00491. The lowest BCUT2D eigenvalue weighted by Gasteiger charge is -2.34. The van der Waals surface area contributed by atoms with E-state index < -0.39 is 0 Å². The van der Waals surface area contributed by atoms with Crippen molar-refractivity contribution in [3.63, 3.8) is 0 Å². The maximum atomic E-state index is 12.3. The van der Waals surface area contributed by atoms with Crippen molar-refractivity contribution in [1.29, 1.82) is 0 Å². The highest BCUT2D eigenvalue weighted by Gasteiger charge is 2.29. The van der Waals surface area contributed by atoms with Crippen molar-refractivity contribution in [1.82, 2.24) is 15.1 Å². The molecule has 1 saturated heterocycles. The Balaban J connectivity index is 2.21. The van der Waals surface area contributed by atoms with Crippen LogP contribution in [0.15, 0.2) is 0 Å². The van der Waals surface area contributed by atoms with E-state index in [1.54, 1.807) is 11.8 Å². The number of nitrogens with two attached hydrogens (primary N) is 1. The number of piperidine rings is 1. The zero-order valence-corrected chi connectivity index (χ0v) is 9.94. The fourth-order valence-corrected chi connectivity index (χ4v) is 2.19. The molecule has 6 heteroatoms. The van der Waals surface area contributed by atoms with E-state index in [-0.39, 0.29) is 24.2 Å². The first-order valence-corrected chi connectivity index (χ1v) is 5.87. The van der Waals surface area contributed by atoms with Gasteiger partial charge in [0.25, 0.3) is 5.91 Å². The number of anilines is 1. The van der Waals surface area contributed by atoms with Crippen LogP contribution in [0, 0.1) is 6.92 Å². The number of likely N-dealkylation sites (tertiary alicyclic amines) is 1. The molecule has 0 radical (unpaired) electrons. The molecule has 6 nitrogen and oxygen atoms in total. The molecule has 1 aromatic rings.